The summed E-state index contributed by atoms with van der Waals surface area (Å²) in [5, 5.41) is 8.70. The van der Waals surface area contributed by atoms with Gasteiger partial charge in [-0.1, -0.05) is 12.1 Å². The lowest BCUT2D eigenvalue weighted by Gasteiger charge is -2.31. The van der Waals surface area contributed by atoms with Crippen molar-refractivity contribution in [3.63, 3.8) is 0 Å². The predicted octanol–water partition coefficient (Wildman–Crippen LogP) is 2.97. The van der Waals surface area contributed by atoms with Crippen molar-refractivity contribution in [2.45, 2.75) is 39.3 Å². The molecule has 0 aliphatic carbocycles. The van der Waals surface area contributed by atoms with E-state index in [9.17, 15) is 4.39 Å². The standard InChI is InChI=1S/C14H20FN3/c1-10(2)18(9-5-8-16)14-12(11(3)17)6-4-7-13(14)15/h4,6-7,10-11H,5,9,17H2,1-3H3/t11-/m0/s1. The fourth-order valence-electron chi connectivity index (χ4n) is 2.00. The average molecular weight is 249 g/mol. The van der Waals surface area contributed by atoms with Gasteiger partial charge in [0.05, 0.1) is 18.2 Å². The van der Waals surface area contributed by atoms with E-state index in [1.165, 1.54) is 6.07 Å². The fraction of sp³-hybridized carbons (Fsp3) is 0.500. The quantitative estimate of drug-likeness (QED) is 0.872. The SMILES string of the molecule is CC(C)N(CCC#N)c1c(F)cccc1[C@H](C)N. The monoisotopic (exact) mass is 249 g/mol. The van der Waals surface area contributed by atoms with Crippen molar-refractivity contribution in [3.8, 4) is 6.07 Å². The summed E-state index contributed by atoms with van der Waals surface area (Å²) in [6.07, 6.45) is 0.366. The van der Waals surface area contributed by atoms with Gasteiger partial charge in [0.1, 0.15) is 5.82 Å². The van der Waals surface area contributed by atoms with Crippen LogP contribution in [-0.2, 0) is 0 Å². The molecule has 0 amide bonds. The van der Waals surface area contributed by atoms with Gasteiger partial charge in [0.2, 0.25) is 0 Å². The molecular formula is C14H20FN3. The van der Waals surface area contributed by atoms with Crippen LogP contribution >= 0.6 is 0 Å². The summed E-state index contributed by atoms with van der Waals surface area (Å²) in [5.41, 5.74) is 7.20. The maximum absolute atomic E-state index is 14.1. The molecule has 1 atom stereocenters. The topological polar surface area (TPSA) is 53.0 Å². The first-order valence-corrected chi connectivity index (χ1v) is 6.16. The summed E-state index contributed by atoms with van der Waals surface area (Å²) in [4.78, 5) is 1.90. The second-order valence-electron chi connectivity index (χ2n) is 4.66. The molecule has 0 spiro atoms. The average Bonchev–Trinajstić information content (AvgIpc) is 2.30. The third-order valence-electron chi connectivity index (χ3n) is 2.88. The summed E-state index contributed by atoms with van der Waals surface area (Å²) < 4.78 is 14.1. The van der Waals surface area contributed by atoms with Crippen LogP contribution in [0.5, 0.6) is 0 Å². The summed E-state index contributed by atoms with van der Waals surface area (Å²) in [7, 11) is 0. The number of para-hydroxylation sites is 1. The molecule has 3 nitrogen and oxygen atoms in total. The molecule has 0 radical (unpaired) electrons. The molecule has 4 heteroatoms. The van der Waals surface area contributed by atoms with Crippen LogP contribution < -0.4 is 10.6 Å². The van der Waals surface area contributed by atoms with Gasteiger partial charge in [0.25, 0.3) is 0 Å². The number of nitrogens with zero attached hydrogens (tertiary/aromatic N) is 2. The summed E-state index contributed by atoms with van der Waals surface area (Å²) >= 11 is 0. The molecule has 1 rings (SSSR count). The van der Waals surface area contributed by atoms with E-state index >= 15 is 0 Å². The number of rotatable bonds is 5. The molecule has 0 aliphatic rings. The Labute approximate surface area is 108 Å². The van der Waals surface area contributed by atoms with Crippen molar-refractivity contribution in [1.29, 1.82) is 5.26 Å². The van der Waals surface area contributed by atoms with E-state index in [1.807, 2.05) is 31.7 Å². The summed E-state index contributed by atoms with van der Waals surface area (Å²) in [6, 6.07) is 6.92. The molecule has 0 aliphatic heterocycles. The number of nitriles is 1. The Morgan fingerprint density at radius 2 is 2.06 bits per heavy atom. The maximum Gasteiger partial charge on any atom is 0.146 e. The molecule has 0 saturated carbocycles. The molecule has 1 aromatic rings. The molecule has 18 heavy (non-hydrogen) atoms. The van der Waals surface area contributed by atoms with E-state index in [4.69, 9.17) is 11.0 Å². The molecule has 0 aromatic heterocycles. The van der Waals surface area contributed by atoms with E-state index in [2.05, 4.69) is 6.07 Å². The minimum atomic E-state index is -0.281. The zero-order valence-electron chi connectivity index (χ0n) is 11.2. The van der Waals surface area contributed by atoms with Gasteiger partial charge in [-0.2, -0.15) is 5.26 Å². The number of hydrogen-bond acceptors (Lipinski definition) is 3. The summed E-state index contributed by atoms with van der Waals surface area (Å²) in [6.45, 7) is 6.31. The van der Waals surface area contributed by atoms with Crippen LogP contribution in [0, 0.1) is 17.1 Å². The zero-order chi connectivity index (χ0) is 13.7. The smallest absolute Gasteiger partial charge is 0.146 e. The van der Waals surface area contributed by atoms with Gasteiger partial charge in [-0.05, 0) is 32.4 Å². The van der Waals surface area contributed by atoms with Gasteiger partial charge < -0.3 is 10.6 Å². The van der Waals surface area contributed by atoms with Gasteiger partial charge >= 0.3 is 0 Å². The van der Waals surface area contributed by atoms with Gasteiger partial charge in [-0.3, -0.25) is 0 Å². The highest BCUT2D eigenvalue weighted by atomic mass is 19.1. The number of anilines is 1. The van der Waals surface area contributed by atoms with Crippen LogP contribution in [0.25, 0.3) is 0 Å². The first-order valence-electron chi connectivity index (χ1n) is 6.16. The van der Waals surface area contributed by atoms with Crippen molar-refractivity contribution in [2.24, 2.45) is 5.73 Å². The van der Waals surface area contributed by atoms with Gasteiger partial charge in [0, 0.05) is 18.6 Å². The Balaban J connectivity index is 3.22. The molecule has 0 unspecified atom stereocenters. The predicted molar refractivity (Wildman–Crippen MR) is 71.7 cm³/mol. The highest BCUT2D eigenvalue weighted by Crippen LogP contribution is 2.29. The number of nitrogens with two attached hydrogens (primary N) is 1. The Morgan fingerprint density at radius 3 is 2.56 bits per heavy atom. The van der Waals surface area contributed by atoms with Crippen molar-refractivity contribution in [1.82, 2.24) is 0 Å². The lowest BCUT2D eigenvalue weighted by atomic mass is 10.0. The van der Waals surface area contributed by atoms with Crippen molar-refractivity contribution < 1.29 is 4.39 Å². The molecule has 0 heterocycles. The van der Waals surface area contributed by atoms with Crippen molar-refractivity contribution >= 4 is 5.69 Å². The van der Waals surface area contributed by atoms with Crippen LogP contribution in [0.15, 0.2) is 18.2 Å². The minimum absolute atomic E-state index is 0.118. The fourth-order valence-corrected chi connectivity index (χ4v) is 2.00. The van der Waals surface area contributed by atoms with Crippen molar-refractivity contribution in [2.75, 3.05) is 11.4 Å². The lowest BCUT2D eigenvalue weighted by Crippen LogP contribution is -2.34. The molecular weight excluding hydrogens is 229 g/mol. The molecule has 0 fully saturated rings. The number of benzene rings is 1. The largest absolute Gasteiger partial charge is 0.365 e. The van der Waals surface area contributed by atoms with Crippen molar-refractivity contribution in [3.05, 3.63) is 29.6 Å². The van der Waals surface area contributed by atoms with Crippen LogP contribution in [0.1, 0.15) is 38.8 Å². The van der Waals surface area contributed by atoms with Crippen LogP contribution in [-0.4, -0.2) is 12.6 Å². The maximum atomic E-state index is 14.1. The molecule has 1 aromatic carbocycles. The van der Waals surface area contributed by atoms with Gasteiger partial charge in [-0.15, -0.1) is 0 Å². The van der Waals surface area contributed by atoms with E-state index in [0.29, 0.717) is 18.7 Å². The third-order valence-corrected chi connectivity index (χ3v) is 2.88. The van der Waals surface area contributed by atoms with Gasteiger partial charge in [-0.25, -0.2) is 4.39 Å². The van der Waals surface area contributed by atoms with Crippen LogP contribution in [0.2, 0.25) is 0 Å². The van der Waals surface area contributed by atoms with Gasteiger partial charge in [0.15, 0.2) is 0 Å². The summed E-state index contributed by atoms with van der Waals surface area (Å²) in [5.74, 6) is -0.281. The molecule has 0 saturated heterocycles. The first-order chi connectivity index (χ1) is 8.49. The highest BCUT2D eigenvalue weighted by molar-refractivity contribution is 5.56. The molecule has 2 N–H and O–H groups in total. The number of halogens is 1. The van der Waals surface area contributed by atoms with E-state index in [1.54, 1.807) is 6.07 Å². The van der Waals surface area contributed by atoms with E-state index in [0.717, 1.165) is 5.56 Å². The zero-order valence-corrected chi connectivity index (χ0v) is 11.2. The highest BCUT2D eigenvalue weighted by Gasteiger charge is 2.19. The Morgan fingerprint density at radius 1 is 1.39 bits per heavy atom. The Kier molecular flexibility index (Phi) is 5.11. The van der Waals surface area contributed by atoms with E-state index < -0.39 is 0 Å². The Bertz CT molecular complexity index is 435. The van der Waals surface area contributed by atoms with E-state index in [-0.39, 0.29) is 17.9 Å². The molecule has 0 bridgehead atoms. The normalized spacial score (nSPS) is 12.3. The van der Waals surface area contributed by atoms with Crippen LogP contribution in [0.4, 0.5) is 10.1 Å². The lowest BCUT2D eigenvalue weighted by molar-refractivity contribution is 0.593. The third kappa shape index (κ3) is 3.21. The minimum Gasteiger partial charge on any atom is -0.365 e. The second kappa shape index (κ2) is 6.36. The first kappa shape index (κ1) is 14.5. The second-order valence-corrected chi connectivity index (χ2v) is 4.66. The number of hydrogen-bond donors (Lipinski definition) is 1. The molecule has 98 valence electrons. The van der Waals surface area contributed by atoms with Crippen LogP contribution in [0.3, 0.4) is 0 Å². The Hall–Kier alpha value is -1.60.